The second-order valence-electron chi connectivity index (χ2n) is 6.14. The highest BCUT2D eigenvalue weighted by Gasteiger charge is 2.11. The summed E-state index contributed by atoms with van der Waals surface area (Å²) in [6, 6.07) is 21.2. The monoisotopic (exact) mass is 375 g/mol. The number of carbonyl (C=O) groups excluding carboxylic acids is 2. The van der Waals surface area contributed by atoms with E-state index in [2.05, 4.69) is 5.32 Å². The Hall–Kier alpha value is -3.60. The van der Waals surface area contributed by atoms with Gasteiger partial charge in [0.25, 0.3) is 5.91 Å². The molecule has 0 atom stereocenters. The van der Waals surface area contributed by atoms with E-state index < -0.39 is 0 Å². The minimum absolute atomic E-state index is 0.0714. The van der Waals surface area contributed by atoms with Crippen molar-refractivity contribution in [2.45, 2.75) is 6.54 Å². The lowest BCUT2D eigenvalue weighted by atomic mass is 10.0. The van der Waals surface area contributed by atoms with Gasteiger partial charge in [0.15, 0.2) is 17.3 Å². The molecule has 3 aromatic carbocycles. The summed E-state index contributed by atoms with van der Waals surface area (Å²) < 4.78 is 10.5. The molecule has 0 unspecified atom stereocenters. The summed E-state index contributed by atoms with van der Waals surface area (Å²) in [5.41, 5.74) is 2.54. The predicted molar refractivity (Wildman–Crippen MR) is 107 cm³/mol. The molecule has 0 aromatic heterocycles. The molecule has 0 fully saturated rings. The van der Waals surface area contributed by atoms with Crippen molar-refractivity contribution in [1.29, 1.82) is 0 Å². The number of methoxy groups -OCH3 is 2. The van der Waals surface area contributed by atoms with Gasteiger partial charge in [0.2, 0.25) is 0 Å². The Balaban J connectivity index is 1.64. The second kappa shape index (κ2) is 8.86. The van der Waals surface area contributed by atoms with Crippen molar-refractivity contribution in [2.24, 2.45) is 0 Å². The molecule has 1 N–H and O–H groups in total. The minimum Gasteiger partial charge on any atom is -0.493 e. The van der Waals surface area contributed by atoms with Crippen molar-refractivity contribution >= 4 is 11.7 Å². The predicted octanol–water partition coefficient (Wildman–Crippen LogP) is 3.86. The maximum atomic E-state index is 12.4. The Morgan fingerprint density at radius 1 is 0.750 bits per heavy atom. The molecule has 0 aliphatic carbocycles. The quantitative estimate of drug-likeness (QED) is 0.637. The third kappa shape index (κ3) is 4.38. The summed E-state index contributed by atoms with van der Waals surface area (Å²) in [4.78, 5) is 24.8. The number of ketones is 1. The van der Waals surface area contributed by atoms with Crippen LogP contribution >= 0.6 is 0 Å². The van der Waals surface area contributed by atoms with Gasteiger partial charge in [-0.15, -0.1) is 0 Å². The van der Waals surface area contributed by atoms with Gasteiger partial charge in [0, 0.05) is 23.2 Å². The smallest absolute Gasteiger partial charge is 0.251 e. The number of nitrogens with one attached hydrogen (secondary N) is 1. The lowest BCUT2D eigenvalue weighted by Gasteiger charge is -2.10. The summed E-state index contributed by atoms with van der Waals surface area (Å²) >= 11 is 0. The van der Waals surface area contributed by atoms with Crippen molar-refractivity contribution in [1.82, 2.24) is 5.32 Å². The van der Waals surface area contributed by atoms with Crippen LogP contribution < -0.4 is 14.8 Å². The molecular weight excluding hydrogens is 354 g/mol. The van der Waals surface area contributed by atoms with E-state index in [1.807, 2.05) is 30.3 Å². The first-order valence-corrected chi connectivity index (χ1v) is 8.81. The zero-order valence-corrected chi connectivity index (χ0v) is 15.8. The summed E-state index contributed by atoms with van der Waals surface area (Å²) in [5.74, 6) is 0.959. The molecule has 1 amide bonds. The van der Waals surface area contributed by atoms with Crippen molar-refractivity contribution < 1.29 is 19.1 Å². The van der Waals surface area contributed by atoms with Crippen molar-refractivity contribution in [3.05, 3.63) is 95.1 Å². The SMILES string of the molecule is COc1ccc(CNC(=O)c2ccc(C(=O)c3ccccc3)cc2)cc1OC. The third-order valence-corrected chi connectivity index (χ3v) is 4.35. The highest BCUT2D eigenvalue weighted by atomic mass is 16.5. The standard InChI is InChI=1S/C23H21NO4/c1-27-20-13-8-16(14-21(20)28-2)15-24-23(26)19-11-9-18(10-12-19)22(25)17-6-4-3-5-7-17/h3-14H,15H2,1-2H3,(H,24,26). The maximum Gasteiger partial charge on any atom is 0.251 e. The van der Waals surface area contributed by atoms with E-state index in [0.717, 1.165) is 5.56 Å². The first-order valence-electron chi connectivity index (χ1n) is 8.81. The Bertz CT molecular complexity index is 966. The van der Waals surface area contributed by atoms with E-state index in [-0.39, 0.29) is 11.7 Å². The number of ether oxygens (including phenoxy) is 2. The van der Waals surface area contributed by atoms with E-state index >= 15 is 0 Å². The van der Waals surface area contributed by atoms with Gasteiger partial charge in [-0.2, -0.15) is 0 Å². The minimum atomic E-state index is -0.214. The molecule has 142 valence electrons. The zero-order valence-electron chi connectivity index (χ0n) is 15.8. The second-order valence-corrected chi connectivity index (χ2v) is 6.14. The van der Waals surface area contributed by atoms with E-state index in [4.69, 9.17) is 9.47 Å². The molecular formula is C23H21NO4. The van der Waals surface area contributed by atoms with Crippen LogP contribution in [0.5, 0.6) is 11.5 Å². The number of amides is 1. The molecule has 5 heteroatoms. The van der Waals surface area contributed by atoms with Gasteiger partial charge in [0.05, 0.1) is 14.2 Å². The molecule has 0 saturated carbocycles. The van der Waals surface area contributed by atoms with Crippen LogP contribution in [0.15, 0.2) is 72.8 Å². The normalized spacial score (nSPS) is 10.2. The molecule has 0 aliphatic rings. The van der Waals surface area contributed by atoms with E-state index in [1.54, 1.807) is 56.7 Å². The Labute approximate surface area is 163 Å². The third-order valence-electron chi connectivity index (χ3n) is 4.35. The molecule has 3 aromatic rings. The molecule has 0 heterocycles. The van der Waals surface area contributed by atoms with Gasteiger partial charge in [-0.05, 0) is 29.8 Å². The first kappa shape index (κ1) is 19.2. The van der Waals surface area contributed by atoms with E-state index in [9.17, 15) is 9.59 Å². The van der Waals surface area contributed by atoms with E-state index in [0.29, 0.717) is 34.7 Å². The van der Waals surface area contributed by atoms with Crippen LogP contribution in [0.1, 0.15) is 31.8 Å². The molecule has 0 bridgehead atoms. The molecule has 0 radical (unpaired) electrons. The van der Waals surface area contributed by atoms with Crippen molar-refractivity contribution in [3.63, 3.8) is 0 Å². The molecule has 0 aliphatic heterocycles. The summed E-state index contributed by atoms with van der Waals surface area (Å²) in [6.07, 6.45) is 0. The van der Waals surface area contributed by atoms with Gasteiger partial charge >= 0.3 is 0 Å². The highest BCUT2D eigenvalue weighted by molar-refractivity contribution is 6.09. The molecule has 5 nitrogen and oxygen atoms in total. The fourth-order valence-electron chi connectivity index (χ4n) is 2.80. The van der Waals surface area contributed by atoms with E-state index in [1.165, 1.54) is 0 Å². The van der Waals surface area contributed by atoms with Gasteiger partial charge < -0.3 is 14.8 Å². The number of rotatable bonds is 7. The topological polar surface area (TPSA) is 64.6 Å². The van der Waals surface area contributed by atoms with Crippen LogP contribution in [0.3, 0.4) is 0 Å². The summed E-state index contributed by atoms with van der Waals surface area (Å²) in [6.45, 7) is 0.351. The maximum absolute atomic E-state index is 12.4. The fourth-order valence-corrected chi connectivity index (χ4v) is 2.80. The van der Waals surface area contributed by atoms with Crippen LogP contribution in [0.25, 0.3) is 0 Å². The van der Waals surface area contributed by atoms with Crippen LogP contribution in [-0.4, -0.2) is 25.9 Å². The van der Waals surface area contributed by atoms with Crippen molar-refractivity contribution in [3.8, 4) is 11.5 Å². The number of benzene rings is 3. The number of hydrogen-bond acceptors (Lipinski definition) is 4. The Morgan fingerprint density at radius 3 is 2.00 bits per heavy atom. The van der Waals surface area contributed by atoms with Crippen LogP contribution in [0, 0.1) is 0 Å². The number of carbonyl (C=O) groups is 2. The molecule has 3 rings (SSSR count). The fraction of sp³-hybridized carbons (Fsp3) is 0.130. The lowest BCUT2D eigenvalue weighted by Crippen LogP contribution is -2.22. The summed E-state index contributed by atoms with van der Waals surface area (Å²) in [5, 5.41) is 2.86. The van der Waals surface area contributed by atoms with Gasteiger partial charge in [-0.25, -0.2) is 0 Å². The average molecular weight is 375 g/mol. The summed E-state index contributed by atoms with van der Waals surface area (Å²) in [7, 11) is 3.14. The van der Waals surface area contributed by atoms with Gasteiger partial charge in [-0.3, -0.25) is 9.59 Å². The van der Waals surface area contributed by atoms with Crippen LogP contribution in [-0.2, 0) is 6.54 Å². The highest BCUT2D eigenvalue weighted by Crippen LogP contribution is 2.27. The Morgan fingerprint density at radius 2 is 1.36 bits per heavy atom. The number of hydrogen-bond donors (Lipinski definition) is 1. The van der Waals surface area contributed by atoms with Crippen LogP contribution in [0.4, 0.5) is 0 Å². The molecule has 28 heavy (non-hydrogen) atoms. The first-order chi connectivity index (χ1) is 13.6. The van der Waals surface area contributed by atoms with Gasteiger partial charge in [0.1, 0.15) is 0 Å². The van der Waals surface area contributed by atoms with Crippen molar-refractivity contribution in [2.75, 3.05) is 14.2 Å². The lowest BCUT2D eigenvalue weighted by molar-refractivity contribution is 0.0949. The van der Waals surface area contributed by atoms with Crippen LogP contribution in [0.2, 0.25) is 0 Å². The largest absolute Gasteiger partial charge is 0.493 e. The van der Waals surface area contributed by atoms with Gasteiger partial charge in [-0.1, -0.05) is 48.5 Å². The molecule has 0 saturated heterocycles. The average Bonchev–Trinajstić information content (AvgIpc) is 2.77. The Kier molecular flexibility index (Phi) is 6.07. The zero-order chi connectivity index (χ0) is 19.9. The molecule has 0 spiro atoms.